The summed E-state index contributed by atoms with van der Waals surface area (Å²) >= 11 is 5.83. The molecule has 2 saturated heterocycles. The smallest absolute Gasteiger partial charge is 0.404 e. The van der Waals surface area contributed by atoms with Gasteiger partial charge in [0, 0.05) is 31.4 Å². The van der Waals surface area contributed by atoms with Gasteiger partial charge in [-0.05, 0) is 37.2 Å². The van der Waals surface area contributed by atoms with Crippen LogP contribution < -0.4 is 20.7 Å². The molecule has 12 nitrogen and oxygen atoms in total. The summed E-state index contributed by atoms with van der Waals surface area (Å²) in [7, 11) is -3.96. The summed E-state index contributed by atoms with van der Waals surface area (Å²) < 4.78 is 33.8. The van der Waals surface area contributed by atoms with Gasteiger partial charge in [-0.2, -0.15) is 0 Å². The number of sulfonamides is 1. The van der Waals surface area contributed by atoms with Gasteiger partial charge in [-0.1, -0.05) is 32.4 Å². The quantitative estimate of drug-likeness (QED) is 0.341. The first-order chi connectivity index (χ1) is 16.7. The van der Waals surface area contributed by atoms with Crippen molar-refractivity contribution in [2.75, 3.05) is 18.8 Å². The van der Waals surface area contributed by atoms with E-state index >= 15 is 0 Å². The van der Waals surface area contributed by atoms with Crippen LogP contribution in [0.15, 0.2) is 18.3 Å². The first-order valence-electron chi connectivity index (χ1n) is 11.6. The molecule has 3 rings (SSSR count). The van der Waals surface area contributed by atoms with E-state index in [0.717, 1.165) is 0 Å². The fourth-order valence-electron chi connectivity index (χ4n) is 4.37. The second-order valence-electron chi connectivity index (χ2n) is 10.2. The number of imide groups is 1. The number of nitrogens with zero attached hydrogens (tertiary/aromatic N) is 2. The molecular formula is C22H32ClN5O7S. The van der Waals surface area contributed by atoms with E-state index in [1.165, 1.54) is 10.5 Å². The van der Waals surface area contributed by atoms with E-state index in [1.54, 1.807) is 12.1 Å². The monoisotopic (exact) mass is 545 g/mol. The van der Waals surface area contributed by atoms with E-state index in [2.05, 4.69) is 20.9 Å². The summed E-state index contributed by atoms with van der Waals surface area (Å²) in [6, 6.07) is 1.94. The molecule has 0 bridgehead atoms. The lowest BCUT2D eigenvalue weighted by Gasteiger charge is -2.36. The Balaban J connectivity index is 1.68. The maximum atomic E-state index is 13.3. The lowest BCUT2D eigenvalue weighted by molar-refractivity contribution is -0.123. The van der Waals surface area contributed by atoms with Gasteiger partial charge in [0.1, 0.15) is 11.6 Å². The number of amides is 4. The van der Waals surface area contributed by atoms with Crippen molar-refractivity contribution in [1.29, 1.82) is 0 Å². The zero-order valence-corrected chi connectivity index (χ0v) is 22.0. The van der Waals surface area contributed by atoms with E-state index in [0.29, 0.717) is 23.7 Å². The maximum Gasteiger partial charge on any atom is 0.404 e. The highest BCUT2D eigenvalue weighted by molar-refractivity contribution is 7.89. The Hall–Kier alpha value is -2.64. The number of carboxylic acid groups (broad SMARTS) is 1. The summed E-state index contributed by atoms with van der Waals surface area (Å²) in [6.45, 7) is 5.84. The number of pyridine rings is 1. The van der Waals surface area contributed by atoms with Gasteiger partial charge in [0.05, 0.1) is 10.8 Å². The number of carbonyl (C=O) groups excluding carboxylic acids is 2. The largest absolute Gasteiger partial charge is 0.474 e. The minimum absolute atomic E-state index is 0.0617. The van der Waals surface area contributed by atoms with Gasteiger partial charge in [0.15, 0.2) is 0 Å². The van der Waals surface area contributed by atoms with Crippen LogP contribution in [-0.4, -0.2) is 77.4 Å². The van der Waals surface area contributed by atoms with Crippen molar-refractivity contribution in [2.24, 2.45) is 5.41 Å². The number of hydrogen-bond acceptors (Lipinski definition) is 7. The molecule has 2 aliphatic heterocycles. The van der Waals surface area contributed by atoms with Crippen LogP contribution in [0.1, 0.15) is 46.5 Å². The van der Waals surface area contributed by atoms with Crippen LogP contribution in [0.25, 0.3) is 0 Å². The molecule has 2 atom stereocenters. The third-order valence-corrected chi connectivity index (χ3v) is 8.66. The Kier molecular flexibility index (Phi) is 8.36. The summed E-state index contributed by atoms with van der Waals surface area (Å²) in [5.74, 6) is -0.981. The summed E-state index contributed by atoms with van der Waals surface area (Å²) in [4.78, 5) is 40.1. The Morgan fingerprint density at radius 3 is 2.50 bits per heavy atom. The second-order valence-corrected chi connectivity index (χ2v) is 12.6. The maximum absolute atomic E-state index is 13.3. The minimum Gasteiger partial charge on any atom is -0.474 e. The van der Waals surface area contributed by atoms with Crippen molar-refractivity contribution >= 4 is 39.7 Å². The van der Waals surface area contributed by atoms with E-state index in [1.807, 2.05) is 20.8 Å². The van der Waals surface area contributed by atoms with Gasteiger partial charge in [0.25, 0.3) is 5.91 Å². The molecular weight excluding hydrogens is 514 g/mol. The summed E-state index contributed by atoms with van der Waals surface area (Å²) in [5, 5.41) is 16.7. The lowest BCUT2D eigenvalue weighted by Crippen LogP contribution is -2.57. The first kappa shape index (κ1) is 27.9. The summed E-state index contributed by atoms with van der Waals surface area (Å²) in [6.07, 6.45) is 0.927. The highest BCUT2D eigenvalue weighted by atomic mass is 35.5. The van der Waals surface area contributed by atoms with Crippen molar-refractivity contribution in [3.8, 4) is 5.88 Å². The molecule has 3 heterocycles. The zero-order chi connectivity index (χ0) is 26.7. The number of aromatic nitrogens is 1. The number of nitrogens with one attached hydrogen (secondary N) is 3. The standard InChI is InChI=1S/C22H32ClN5O7S/c1-21(2,3)16(25-20(31)32)6-9-22(18(29)26-19(30)27-22)13-36(33,34)28-10-7-15(8-11-28)35-17-5-4-14(23)12-24-17/h4-5,12,15-16,25H,6-11,13H2,1-3H3,(H,31,32)(H2,26,27,29,30). The Bertz CT molecular complexity index is 1080. The average Bonchev–Trinajstić information content (AvgIpc) is 3.04. The molecule has 36 heavy (non-hydrogen) atoms. The first-order valence-corrected chi connectivity index (χ1v) is 13.6. The predicted molar refractivity (Wildman–Crippen MR) is 131 cm³/mol. The summed E-state index contributed by atoms with van der Waals surface area (Å²) in [5.41, 5.74) is -2.21. The Morgan fingerprint density at radius 2 is 2.00 bits per heavy atom. The van der Waals surface area contributed by atoms with Gasteiger partial charge < -0.3 is 20.5 Å². The lowest BCUT2D eigenvalue weighted by atomic mass is 9.81. The van der Waals surface area contributed by atoms with Crippen LogP contribution in [0.2, 0.25) is 5.02 Å². The molecule has 14 heteroatoms. The Labute approximate surface area is 215 Å². The number of rotatable bonds is 9. The molecule has 0 radical (unpaired) electrons. The molecule has 0 saturated carbocycles. The number of ether oxygens (including phenoxy) is 1. The van der Waals surface area contributed by atoms with E-state index < -0.39 is 50.8 Å². The number of carbonyl (C=O) groups is 3. The molecule has 4 N–H and O–H groups in total. The zero-order valence-electron chi connectivity index (χ0n) is 20.4. The van der Waals surface area contributed by atoms with Gasteiger partial charge in [-0.25, -0.2) is 27.3 Å². The highest BCUT2D eigenvalue weighted by Crippen LogP contribution is 2.29. The van der Waals surface area contributed by atoms with Gasteiger partial charge in [-0.15, -0.1) is 0 Å². The molecule has 2 unspecified atom stereocenters. The highest BCUT2D eigenvalue weighted by Gasteiger charge is 2.51. The SMILES string of the molecule is CC(C)(C)C(CCC1(CS(=O)(=O)N2CCC(Oc3ccc(Cl)cn3)CC2)NC(=O)NC1=O)NC(=O)O. The van der Waals surface area contributed by atoms with Crippen molar-refractivity contribution in [3.05, 3.63) is 23.4 Å². The number of piperidine rings is 1. The second kappa shape index (κ2) is 10.8. The molecule has 1 aromatic heterocycles. The van der Waals surface area contributed by atoms with Crippen molar-refractivity contribution in [1.82, 2.24) is 25.2 Å². The van der Waals surface area contributed by atoms with Crippen LogP contribution in [0.4, 0.5) is 9.59 Å². The van der Waals surface area contributed by atoms with E-state index in [4.69, 9.17) is 16.3 Å². The van der Waals surface area contributed by atoms with Gasteiger partial charge in [-0.3, -0.25) is 10.1 Å². The average molecular weight is 546 g/mol. The number of hydrogen-bond donors (Lipinski definition) is 4. The predicted octanol–water partition coefficient (Wildman–Crippen LogP) is 1.95. The third kappa shape index (κ3) is 6.98. The van der Waals surface area contributed by atoms with Crippen LogP contribution in [0.3, 0.4) is 0 Å². The molecule has 4 amide bonds. The fourth-order valence-corrected chi connectivity index (χ4v) is 6.40. The van der Waals surface area contributed by atoms with Crippen LogP contribution in [0.5, 0.6) is 5.88 Å². The molecule has 1 aromatic rings. The van der Waals surface area contributed by atoms with Gasteiger partial charge in [0.2, 0.25) is 15.9 Å². The normalized spacial score (nSPS) is 22.6. The van der Waals surface area contributed by atoms with Crippen molar-refractivity contribution in [3.63, 3.8) is 0 Å². The number of urea groups is 1. The molecule has 200 valence electrons. The van der Waals surface area contributed by atoms with Crippen molar-refractivity contribution in [2.45, 2.75) is 64.1 Å². The minimum atomic E-state index is -3.96. The molecule has 0 aliphatic carbocycles. The number of halogens is 1. The molecule has 0 aromatic carbocycles. The van der Waals surface area contributed by atoms with Crippen LogP contribution >= 0.6 is 11.6 Å². The Morgan fingerprint density at radius 1 is 1.33 bits per heavy atom. The topological polar surface area (TPSA) is 167 Å². The third-order valence-electron chi connectivity index (χ3n) is 6.43. The van der Waals surface area contributed by atoms with Crippen LogP contribution in [-0.2, 0) is 14.8 Å². The molecule has 2 fully saturated rings. The molecule has 0 spiro atoms. The van der Waals surface area contributed by atoms with Crippen molar-refractivity contribution < 1.29 is 32.6 Å². The van der Waals surface area contributed by atoms with E-state index in [-0.39, 0.29) is 32.0 Å². The van der Waals surface area contributed by atoms with Gasteiger partial charge >= 0.3 is 12.1 Å². The van der Waals surface area contributed by atoms with Crippen LogP contribution in [0, 0.1) is 5.41 Å². The van der Waals surface area contributed by atoms with E-state index in [9.17, 15) is 27.9 Å². The fraction of sp³-hybridized carbons (Fsp3) is 0.636. The molecule has 2 aliphatic rings.